The lowest BCUT2D eigenvalue weighted by Gasteiger charge is -2.13. The van der Waals surface area contributed by atoms with E-state index in [1.807, 2.05) is 20.8 Å². The van der Waals surface area contributed by atoms with E-state index in [1.165, 1.54) is 17.4 Å². The molecule has 18 heavy (non-hydrogen) atoms. The van der Waals surface area contributed by atoms with Crippen LogP contribution in [0.15, 0.2) is 18.2 Å². The van der Waals surface area contributed by atoms with Gasteiger partial charge in [0.25, 0.3) is 0 Å². The number of aromatic nitrogens is 1. The molecule has 0 aliphatic carbocycles. The van der Waals surface area contributed by atoms with Gasteiger partial charge in [0, 0.05) is 11.0 Å². The van der Waals surface area contributed by atoms with Gasteiger partial charge < -0.3 is 5.73 Å². The van der Waals surface area contributed by atoms with Gasteiger partial charge in [0.2, 0.25) is 0 Å². The highest BCUT2D eigenvalue weighted by atomic mass is 35.5. The third-order valence-corrected chi connectivity index (χ3v) is 4.10. The molecule has 0 saturated carbocycles. The average molecular weight is 285 g/mol. The Balaban J connectivity index is 2.58. The van der Waals surface area contributed by atoms with Gasteiger partial charge in [0.1, 0.15) is 15.7 Å². The van der Waals surface area contributed by atoms with E-state index in [4.69, 9.17) is 17.3 Å². The van der Waals surface area contributed by atoms with Crippen LogP contribution in [0.5, 0.6) is 0 Å². The second-order valence-corrected chi connectivity index (χ2v) is 6.52. The maximum atomic E-state index is 14.0. The molecule has 2 N–H and O–H groups in total. The van der Waals surface area contributed by atoms with Crippen molar-refractivity contribution in [1.82, 2.24) is 4.98 Å². The minimum Gasteiger partial charge on any atom is -0.389 e. The molecule has 2 nitrogen and oxygen atoms in total. The third-order valence-electron chi connectivity index (χ3n) is 2.50. The van der Waals surface area contributed by atoms with Crippen molar-refractivity contribution < 1.29 is 4.39 Å². The normalized spacial score (nSPS) is 11.8. The Bertz CT molecular complexity index is 587. The second kappa shape index (κ2) is 4.52. The van der Waals surface area contributed by atoms with Crippen LogP contribution in [0.1, 0.15) is 25.8 Å². The zero-order valence-corrected chi connectivity index (χ0v) is 12.0. The van der Waals surface area contributed by atoms with Crippen LogP contribution >= 0.6 is 22.9 Å². The molecule has 1 heterocycles. The molecule has 0 aliphatic heterocycles. The van der Waals surface area contributed by atoms with E-state index >= 15 is 0 Å². The molecule has 0 saturated heterocycles. The lowest BCUT2D eigenvalue weighted by atomic mass is 9.98. The number of halogens is 2. The highest BCUT2D eigenvalue weighted by Gasteiger charge is 2.22. The van der Waals surface area contributed by atoms with Crippen LogP contribution in [-0.4, -0.2) is 4.98 Å². The van der Waals surface area contributed by atoms with Gasteiger partial charge in [-0.1, -0.05) is 38.4 Å². The van der Waals surface area contributed by atoms with E-state index in [0.717, 1.165) is 5.01 Å². The first-order valence-electron chi connectivity index (χ1n) is 5.52. The van der Waals surface area contributed by atoms with E-state index < -0.39 is 5.82 Å². The maximum absolute atomic E-state index is 14.0. The highest BCUT2D eigenvalue weighted by molar-refractivity contribution is 7.16. The number of benzene rings is 1. The van der Waals surface area contributed by atoms with Crippen molar-refractivity contribution in [2.75, 3.05) is 5.73 Å². The molecule has 2 aromatic rings. The summed E-state index contributed by atoms with van der Waals surface area (Å²) in [5.41, 5.74) is 6.66. The summed E-state index contributed by atoms with van der Waals surface area (Å²) < 4.78 is 14.0. The van der Waals surface area contributed by atoms with Crippen LogP contribution in [0, 0.1) is 5.82 Å². The van der Waals surface area contributed by atoms with Gasteiger partial charge in [-0.05, 0) is 12.1 Å². The number of rotatable bonds is 1. The average Bonchev–Trinajstić information content (AvgIpc) is 2.64. The molecule has 5 heteroatoms. The van der Waals surface area contributed by atoms with Crippen LogP contribution in [0.3, 0.4) is 0 Å². The van der Waals surface area contributed by atoms with Crippen LogP contribution in [0.4, 0.5) is 9.39 Å². The van der Waals surface area contributed by atoms with E-state index in [1.54, 1.807) is 12.1 Å². The first-order valence-corrected chi connectivity index (χ1v) is 6.71. The summed E-state index contributed by atoms with van der Waals surface area (Å²) in [6.07, 6.45) is 0. The molecule has 0 aliphatic rings. The highest BCUT2D eigenvalue weighted by Crippen LogP contribution is 2.38. The SMILES string of the molecule is CC(C)(C)c1nc(-c2cccc(Cl)c2F)c(N)s1. The second-order valence-electron chi connectivity index (χ2n) is 5.08. The van der Waals surface area contributed by atoms with Gasteiger partial charge in [0.05, 0.1) is 5.02 Å². The summed E-state index contributed by atoms with van der Waals surface area (Å²) in [4.78, 5) is 4.45. The van der Waals surface area contributed by atoms with Crippen molar-refractivity contribution in [3.05, 3.63) is 34.0 Å². The van der Waals surface area contributed by atoms with Crippen molar-refractivity contribution in [3.63, 3.8) is 0 Å². The Morgan fingerprint density at radius 1 is 1.33 bits per heavy atom. The number of nitrogens with two attached hydrogens (primary N) is 1. The van der Waals surface area contributed by atoms with Gasteiger partial charge in [0.15, 0.2) is 5.82 Å². The molecule has 0 unspecified atom stereocenters. The van der Waals surface area contributed by atoms with Crippen molar-refractivity contribution in [3.8, 4) is 11.3 Å². The van der Waals surface area contributed by atoms with Gasteiger partial charge in [-0.3, -0.25) is 0 Å². The lowest BCUT2D eigenvalue weighted by molar-refractivity contribution is 0.585. The molecule has 0 atom stereocenters. The van der Waals surface area contributed by atoms with Crippen LogP contribution in [-0.2, 0) is 5.41 Å². The minimum absolute atomic E-state index is 0.0807. The fraction of sp³-hybridized carbons (Fsp3) is 0.308. The van der Waals surface area contributed by atoms with Gasteiger partial charge in [-0.2, -0.15) is 0 Å². The monoisotopic (exact) mass is 284 g/mol. The Kier molecular flexibility index (Phi) is 3.34. The molecule has 0 radical (unpaired) electrons. The Morgan fingerprint density at radius 2 is 2.00 bits per heavy atom. The van der Waals surface area contributed by atoms with Crippen molar-refractivity contribution >= 4 is 27.9 Å². The standard InChI is InChI=1S/C13H14ClFN2S/c1-13(2,3)12-17-10(11(16)18-12)7-5-4-6-8(14)9(7)15/h4-6H,16H2,1-3H3. The molecule has 1 aromatic carbocycles. The summed E-state index contributed by atoms with van der Waals surface area (Å²) >= 11 is 7.16. The number of hydrogen-bond donors (Lipinski definition) is 1. The summed E-state index contributed by atoms with van der Waals surface area (Å²) in [7, 11) is 0. The van der Waals surface area contributed by atoms with E-state index in [9.17, 15) is 4.39 Å². The van der Waals surface area contributed by atoms with Crippen molar-refractivity contribution in [2.45, 2.75) is 26.2 Å². The molecular weight excluding hydrogens is 271 g/mol. The lowest BCUT2D eigenvalue weighted by Crippen LogP contribution is -2.10. The van der Waals surface area contributed by atoms with Crippen LogP contribution < -0.4 is 5.73 Å². The molecule has 2 rings (SSSR count). The smallest absolute Gasteiger partial charge is 0.151 e. The van der Waals surface area contributed by atoms with E-state index in [2.05, 4.69) is 4.98 Å². The number of nitrogen functional groups attached to an aromatic ring is 1. The summed E-state index contributed by atoms with van der Waals surface area (Å²) in [5.74, 6) is -0.475. The first kappa shape index (κ1) is 13.3. The van der Waals surface area contributed by atoms with E-state index in [0.29, 0.717) is 16.3 Å². The largest absolute Gasteiger partial charge is 0.389 e. The predicted molar refractivity (Wildman–Crippen MR) is 75.6 cm³/mol. The predicted octanol–water partition coefficient (Wildman–Crippen LogP) is 4.48. The van der Waals surface area contributed by atoms with Gasteiger partial charge in [-0.15, -0.1) is 11.3 Å². The minimum atomic E-state index is -0.475. The summed E-state index contributed by atoms with van der Waals surface area (Å²) in [5, 5.41) is 1.48. The Morgan fingerprint density at radius 3 is 2.56 bits per heavy atom. The van der Waals surface area contributed by atoms with Crippen LogP contribution in [0.2, 0.25) is 5.02 Å². The summed E-state index contributed by atoms with van der Waals surface area (Å²) in [6, 6.07) is 4.84. The first-order chi connectivity index (χ1) is 8.30. The number of thiazole rings is 1. The Hall–Kier alpha value is -1.13. The fourth-order valence-corrected chi connectivity index (χ4v) is 2.61. The molecule has 0 amide bonds. The molecule has 96 valence electrons. The number of anilines is 1. The van der Waals surface area contributed by atoms with Gasteiger partial charge >= 0.3 is 0 Å². The zero-order valence-electron chi connectivity index (χ0n) is 10.4. The third kappa shape index (κ3) is 2.35. The maximum Gasteiger partial charge on any atom is 0.151 e. The fourth-order valence-electron chi connectivity index (χ4n) is 1.53. The molecule has 0 fully saturated rings. The number of nitrogens with zero attached hydrogens (tertiary/aromatic N) is 1. The van der Waals surface area contributed by atoms with Crippen LogP contribution in [0.25, 0.3) is 11.3 Å². The molecule has 1 aromatic heterocycles. The molecule has 0 bridgehead atoms. The summed E-state index contributed by atoms with van der Waals surface area (Å²) in [6.45, 7) is 6.14. The van der Waals surface area contributed by atoms with E-state index in [-0.39, 0.29) is 10.4 Å². The molecule has 0 spiro atoms. The van der Waals surface area contributed by atoms with Crippen molar-refractivity contribution in [2.24, 2.45) is 0 Å². The van der Waals surface area contributed by atoms with Crippen molar-refractivity contribution in [1.29, 1.82) is 0 Å². The van der Waals surface area contributed by atoms with Gasteiger partial charge in [-0.25, -0.2) is 9.37 Å². The zero-order chi connectivity index (χ0) is 13.5. The topological polar surface area (TPSA) is 38.9 Å². The molecular formula is C13H14ClFN2S. The quantitative estimate of drug-likeness (QED) is 0.838. The Labute approximate surface area is 115 Å². The number of hydrogen-bond acceptors (Lipinski definition) is 3.